The second-order valence-corrected chi connectivity index (χ2v) is 5.31. The Morgan fingerprint density at radius 2 is 2.14 bits per heavy atom. The van der Waals surface area contributed by atoms with E-state index in [9.17, 15) is 18.0 Å². The maximum Gasteiger partial charge on any atom is 0.418 e. The van der Waals surface area contributed by atoms with E-state index in [1.54, 1.807) is 6.92 Å². The summed E-state index contributed by atoms with van der Waals surface area (Å²) in [7, 11) is 0. The van der Waals surface area contributed by atoms with Crippen molar-refractivity contribution in [2.75, 3.05) is 5.32 Å². The standard InChI is InChI=1S/C13H8F3N3OS/c1-6-17-5-7-9(12(20)19-11(7)18-6)10(13(14,15)16)8-3-2-4-21-8/h2-5H,1H3,(H,17,18,19,20). The number of allylic oxidation sites excluding steroid dienone is 1. The molecule has 108 valence electrons. The molecule has 0 fully saturated rings. The summed E-state index contributed by atoms with van der Waals surface area (Å²) in [6.45, 7) is 1.60. The Hall–Kier alpha value is -2.22. The van der Waals surface area contributed by atoms with Gasteiger partial charge in [0.2, 0.25) is 0 Å². The molecule has 2 aromatic heterocycles. The summed E-state index contributed by atoms with van der Waals surface area (Å²) >= 11 is 0.926. The van der Waals surface area contributed by atoms with Crippen LogP contribution in [0.15, 0.2) is 23.7 Å². The zero-order valence-corrected chi connectivity index (χ0v) is 11.5. The number of halogens is 3. The van der Waals surface area contributed by atoms with Crippen molar-refractivity contribution in [1.29, 1.82) is 0 Å². The number of anilines is 1. The van der Waals surface area contributed by atoms with E-state index in [-0.39, 0.29) is 16.3 Å². The van der Waals surface area contributed by atoms with Crippen molar-refractivity contribution in [2.45, 2.75) is 13.1 Å². The molecule has 0 saturated heterocycles. The molecule has 1 aliphatic rings. The van der Waals surface area contributed by atoms with Gasteiger partial charge in [-0.25, -0.2) is 9.97 Å². The first kappa shape index (κ1) is 13.7. The van der Waals surface area contributed by atoms with E-state index in [4.69, 9.17) is 0 Å². The van der Waals surface area contributed by atoms with Crippen molar-refractivity contribution >= 4 is 34.2 Å². The quantitative estimate of drug-likeness (QED) is 0.822. The molecule has 0 aliphatic carbocycles. The van der Waals surface area contributed by atoms with Crippen molar-refractivity contribution in [3.8, 4) is 0 Å². The minimum absolute atomic E-state index is 0.0129. The van der Waals surface area contributed by atoms with E-state index >= 15 is 0 Å². The number of hydrogen-bond acceptors (Lipinski definition) is 4. The fourth-order valence-electron chi connectivity index (χ4n) is 2.11. The van der Waals surface area contributed by atoms with E-state index in [2.05, 4.69) is 15.3 Å². The van der Waals surface area contributed by atoms with E-state index < -0.39 is 23.2 Å². The monoisotopic (exact) mass is 311 g/mol. The number of nitrogens with one attached hydrogen (secondary N) is 1. The average molecular weight is 311 g/mol. The number of carbonyl (C=O) groups is 1. The summed E-state index contributed by atoms with van der Waals surface area (Å²) in [4.78, 5) is 19.8. The number of amides is 1. The lowest BCUT2D eigenvalue weighted by molar-refractivity contribution is -0.111. The van der Waals surface area contributed by atoms with Crippen LogP contribution in [0.5, 0.6) is 0 Å². The summed E-state index contributed by atoms with van der Waals surface area (Å²) in [5, 5.41) is 3.89. The molecule has 3 heterocycles. The largest absolute Gasteiger partial charge is 0.418 e. The van der Waals surface area contributed by atoms with Crippen LogP contribution in [0, 0.1) is 6.92 Å². The lowest BCUT2D eigenvalue weighted by Gasteiger charge is -2.12. The van der Waals surface area contributed by atoms with Gasteiger partial charge in [-0.05, 0) is 18.4 Å². The van der Waals surface area contributed by atoms with Gasteiger partial charge in [-0.3, -0.25) is 4.79 Å². The molecule has 0 atom stereocenters. The number of carbonyl (C=O) groups excluding carboxylic acids is 1. The topological polar surface area (TPSA) is 54.9 Å². The zero-order chi connectivity index (χ0) is 15.2. The Bertz CT molecular complexity index is 751. The molecule has 0 spiro atoms. The van der Waals surface area contributed by atoms with Gasteiger partial charge in [0.25, 0.3) is 5.91 Å². The van der Waals surface area contributed by atoms with Gasteiger partial charge < -0.3 is 5.32 Å². The number of aryl methyl sites for hydroxylation is 1. The number of thiophene rings is 1. The van der Waals surface area contributed by atoms with Crippen LogP contribution in [-0.2, 0) is 4.79 Å². The molecule has 0 bridgehead atoms. The third-order valence-corrected chi connectivity index (χ3v) is 3.83. The Morgan fingerprint density at radius 1 is 1.38 bits per heavy atom. The first-order chi connectivity index (χ1) is 9.88. The van der Waals surface area contributed by atoms with E-state index in [0.717, 1.165) is 11.3 Å². The van der Waals surface area contributed by atoms with Gasteiger partial charge in [-0.1, -0.05) is 6.07 Å². The molecule has 1 aliphatic heterocycles. The Kier molecular flexibility index (Phi) is 3.05. The van der Waals surface area contributed by atoms with Gasteiger partial charge in [0.05, 0.1) is 11.1 Å². The van der Waals surface area contributed by atoms with Gasteiger partial charge in [0, 0.05) is 16.6 Å². The van der Waals surface area contributed by atoms with Crippen LogP contribution in [0.2, 0.25) is 0 Å². The molecule has 2 aromatic rings. The zero-order valence-electron chi connectivity index (χ0n) is 10.7. The predicted molar refractivity (Wildman–Crippen MR) is 72.6 cm³/mol. The molecule has 0 unspecified atom stereocenters. The lowest BCUT2D eigenvalue weighted by atomic mass is 10.0. The van der Waals surface area contributed by atoms with Gasteiger partial charge >= 0.3 is 6.18 Å². The Morgan fingerprint density at radius 3 is 2.76 bits per heavy atom. The van der Waals surface area contributed by atoms with Crippen LogP contribution in [0.3, 0.4) is 0 Å². The van der Waals surface area contributed by atoms with Crippen molar-refractivity contribution < 1.29 is 18.0 Å². The molecule has 0 aromatic carbocycles. The molecular weight excluding hydrogens is 303 g/mol. The van der Waals surface area contributed by atoms with Gasteiger partial charge in [0.15, 0.2) is 0 Å². The fourth-order valence-corrected chi connectivity index (χ4v) is 2.91. The van der Waals surface area contributed by atoms with Crippen LogP contribution in [0.1, 0.15) is 16.3 Å². The minimum Gasteiger partial charge on any atom is -0.306 e. The highest BCUT2D eigenvalue weighted by atomic mass is 32.1. The molecule has 1 amide bonds. The molecule has 8 heteroatoms. The first-order valence-electron chi connectivity index (χ1n) is 5.88. The van der Waals surface area contributed by atoms with Crippen molar-refractivity contribution in [3.63, 3.8) is 0 Å². The first-order valence-corrected chi connectivity index (χ1v) is 6.76. The molecule has 0 saturated carbocycles. The lowest BCUT2D eigenvalue weighted by Crippen LogP contribution is -2.15. The number of alkyl halides is 3. The highest BCUT2D eigenvalue weighted by Gasteiger charge is 2.43. The second kappa shape index (κ2) is 4.66. The number of fused-ring (bicyclic) bond motifs is 1. The van der Waals surface area contributed by atoms with E-state index in [1.165, 1.54) is 23.7 Å². The normalized spacial score (nSPS) is 16.7. The summed E-state index contributed by atoms with van der Waals surface area (Å²) in [6.07, 6.45) is -3.41. The van der Waals surface area contributed by atoms with Crippen LogP contribution < -0.4 is 5.32 Å². The third kappa shape index (κ3) is 2.31. The van der Waals surface area contributed by atoms with Crippen LogP contribution in [0.4, 0.5) is 19.0 Å². The van der Waals surface area contributed by atoms with Crippen LogP contribution in [0.25, 0.3) is 11.1 Å². The second-order valence-electron chi connectivity index (χ2n) is 4.36. The fraction of sp³-hybridized carbons (Fsp3) is 0.154. The van der Waals surface area contributed by atoms with Crippen molar-refractivity contribution in [3.05, 3.63) is 40.0 Å². The molecular formula is C13H8F3N3OS. The van der Waals surface area contributed by atoms with Gasteiger partial charge in [-0.15, -0.1) is 11.3 Å². The molecule has 1 N–H and O–H groups in total. The van der Waals surface area contributed by atoms with Gasteiger partial charge in [-0.2, -0.15) is 13.2 Å². The van der Waals surface area contributed by atoms with Gasteiger partial charge in [0.1, 0.15) is 11.6 Å². The van der Waals surface area contributed by atoms with Crippen LogP contribution in [-0.4, -0.2) is 22.1 Å². The summed E-state index contributed by atoms with van der Waals surface area (Å²) in [5.41, 5.74) is -1.31. The highest BCUT2D eigenvalue weighted by molar-refractivity contribution is 7.11. The maximum absolute atomic E-state index is 13.4. The number of nitrogens with zero attached hydrogens (tertiary/aromatic N) is 2. The average Bonchev–Trinajstić information content (AvgIpc) is 2.97. The Balaban J connectivity index is 2.31. The smallest absolute Gasteiger partial charge is 0.306 e. The molecule has 0 radical (unpaired) electrons. The SMILES string of the molecule is Cc1ncc2c(n1)NC(=O)C2=C(c1cccs1)C(F)(F)F. The van der Waals surface area contributed by atoms with E-state index in [0.29, 0.717) is 5.82 Å². The van der Waals surface area contributed by atoms with Crippen LogP contribution >= 0.6 is 11.3 Å². The van der Waals surface area contributed by atoms with Crippen molar-refractivity contribution in [1.82, 2.24) is 9.97 Å². The predicted octanol–water partition coefficient (Wildman–Crippen LogP) is 3.27. The summed E-state index contributed by atoms with van der Waals surface area (Å²) in [6, 6.07) is 2.84. The molecule has 3 rings (SSSR count). The molecule has 21 heavy (non-hydrogen) atoms. The third-order valence-electron chi connectivity index (χ3n) is 2.94. The molecule has 4 nitrogen and oxygen atoms in total. The Labute approximate surface area is 121 Å². The van der Waals surface area contributed by atoms with Crippen molar-refractivity contribution in [2.24, 2.45) is 0 Å². The maximum atomic E-state index is 13.4. The minimum atomic E-state index is -4.65. The van der Waals surface area contributed by atoms with E-state index in [1.807, 2.05) is 0 Å². The summed E-state index contributed by atoms with van der Waals surface area (Å²) < 4.78 is 40.2. The number of aromatic nitrogens is 2. The number of rotatable bonds is 1. The number of hydrogen-bond donors (Lipinski definition) is 1. The summed E-state index contributed by atoms with van der Waals surface area (Å²) in [5.74, 6) is -0.327. The highest BCUT2D eigenvalue weighted by Crippen LogP contribution is 2.44.